The molecular formula is C22H28ClFN2O2. The summed E-state index contributed by atoms with van der Waals surface area (Å²) in [5.74, 6) is 0.945. The van der Waals surface area contributed by atoms with Gasteiger partial charge >= 0.3 is 0 Å². The first kappa shape index (κ1) is 19.7. The smallest absolute Gasteiger partial charge is 0.271 e. The van der Waals surface area contributed by atoms with Crippen LogP contribution in [0.25, 0.3) is 0 Å². The Hall–Kier alpha value is -1.62. The van der Waals surface area contributed by atoms with Crippen LogP contribution in [-0.4, -0.2) is 22.4 Å². The predicted molar refractivity (Wildman–Crippen MR) is 106 cm³/mol. The van der Waals surface area contributed by atoms with Gasteiger partial charge in [-0.1, -0.05) is 11.6 Å². The van der Waals surface area contributed by atoms with Gasteiger partial charge in [-0.15, -0.1) is 0 Å². The van der Waals surface area contributed by atoms with Crippen LogP contribution in [0.3, 0.4) is 0 Å². The molecule has 0 radical (unpaired) electrons. The average Bonchev–Trinajstić information content (AvgIpc) is 2.56. The van der Waals surface area contributed by atoms with E-state index in [2.05, 4.69) is 5.43 Å². The first-order valence-electron chi connectivity index (χ1n) is 10.2. The summed E-state index contributed by atoms with van der Waals surface area (Å²) < 4.78 is 13.3. The average molecular weight is 407 g/mol. The molecule has 2 amide bonds. The Morgan fingerprint density at radius 2 is 1.64 bits per heavy atom. The Morgan fingerprint density at radius 1 is 1.11 bits per heavy atom. The summed E-state index contributed by atoms with van der Waals surface area (Å²) in [6.07, 6.45) is 6.53. The molecule has 0 aromatic heterocycles. The lowest BCUT2D eigenvalue weighted by Crippen LogP contribution is -2.63. The number of carbonyl (C=O) groups excluding carboxylic acids is 2. The highest BCUT2D eigenvalue weighted by Gasteiger charge is 2.56. The number of nitrogens with zero attached hydrogens (tertiary/aromatic N) is 1. The van der Waals surface area contributed by atoms with E-state index in [0.29, 0.717) is 17.8 Å². The van der Waals surface area contributed by atoms with E-state index in [1.807, 2.05) is 20.8 Å². The van der Waals surface area contributed by atoms with E-state index in [1.54, 1.807) is 0 Å². The lowest BCUT2D eigenvalue weighted by Gasteiger charge is -2.57. The highest BCUT2D eigenvalue weighted by Crippen LogP contribution is 2.60. The predicted octanol–water partition coefficient (Wildman–Crippen LogP) is 4.97. The molecule has 0 spiro atoms. The highest BCUT2D eigenvalue weighted by molar-refractivity contribution is 6.33. The molecule has 1 aromatic rings. The minimum Gasteiger partial charge on any atom is -0.272 e. The van der Waals surface area contributed by atoms with Gasteiger partial charge in [-0.05, 0) is 95.2 Å². The van der Waals surface area contributed by atoms with Crippen LogP contribution in [0.1, 0.15) is 69.7 Å². The van der Waals surface area contributed by atoms with Crippen molar-refractivity contribution in [3.8, 4) is 0 Å². The number of benzene rings is 1. The van der Waals surface area contributed by atoms with Crippen LogP contribution in [0, 0.1) is 29.0 Å². The number of hydrazine groups is 1. The molecule has 0 unspecified atom stereocenters. The monoisotopic (exact) mass is 406 g/mol. The zero-order chi connectivity index (χ0) is 20.3. The van der Waals surface area contributed by atoms with E-state index >= 15 is 0 Å². The summed E-state index contributed by atoms with van der Waals surface area (Å²) in [4.78, 5) is 26.6. The summed E-state index contributed by atoms with van der Waals surface area (Å²) in [5, 5.41) is 1.54. The molecule has 0 heterocycles. The fourth-order valence-electron chi connectivity index (χ4n) is 5.97. The first-order valence-corrected chi connectivity index (χ1v) is 10.6. The summed E-state index contributed by atoms with van der Waals surface area (Å²) in [5.41, 5.74) is 2.02. The number of nitrogens with one attached hydrogen (secondary N) is 1. The lowest BCUT2D eigenvalue weighted by atomic mass is 9.49. The molecule has 6 heteroatoms. The fraction of sp³-hybridized carbons (Fsp3) is 0.636. The van der Waals surface area contributed by atoms with Crippen LogP contribution < -0.4 is 5.43 Å². The SMILES string of the molecule is CC(C)(C)N(NC(=O)c1ccc(F)cc1Cl)C(=O)C12CC3CC(CC(C3)C1)C2. The molecule has 5 rings (SSSR count). The lowest BCUT2D eigenvalue weighted by molar-refractivity contribution is -0.166. The number of carbonyl (C=O) groups is 2. The van der Waals surface area contributed by atoms with Gasteiger partial charge in [0, 0.05) is 0 Å². The van der Waals surface area contributed by atoms with Crippen molar-refractivity contribution in [2.45, 2.75) is 64.8 Å². The minimum atomic E-state index is -0.581. The van der Waals surface area contributed by atoms with Gasteiger partial charge in [-0.3, -0.25) is 15.0 Å². The standard InChI is InChI=1S/C22H28ClFN2O2/c1-21(2,3)26(25-19(27)17-5-4-16(24)9-18(17)23)20(28)22-10-13-6-14(11-22)8-15(7-13)12-22/h4-5,9,13-15H,6-8,10-12H2,1-3H3,(H,25,27). The highest BCUT2D eigenvalue weighted by atomic mass is 35.5. The van der Waals surface area contributed by atoms with Gasteiger partial charge in [0.15, 0.2) is 0 Å². The van der Waals surface area contributed by atoms with Gasteiger partial charge in [0.05, 0.1) is 21.5 Å². The van der Waals surface area contributed by atoms with E-state index in [4.69, 9.17) is 11.6 Å². The van der Waals surface area contributed by atoms with Crippen molar-refractivity contribution in [3.05, 3.63) is 34.6 Å². The maximum atomic E-state index is 13.8. The quantitative estimate of drug-likeness (QED) is 0.705. The van der Waals surface area contributed by atoms with Crippen LogP contribution in [0.15, 0.2) is 18.2 Å². The van der Waals surface area contributed by atoms with Gasteiger partial charge < -0.3 is 0 Å². The zero-order valence-corrected chi connectivity index (χ0v) is 17.5. The molecule has 152 valence electrons. The summed E-state index contributed by atoms with van der Waals surface area (Å²) in [7, 11) is 0. The van der Waals surface area contributed by atoms with Crippen molar-refractivity contribution < 1.29 is 14.0 Å². The van der Waals surface area contributed by atoms with E-state index in [1.165, 1.54) is 36.4 Å². The van der Waals surface area contributed by atoms with E-state index in [9.17, 15) is 14.0 Å². The second-order valence-electron chi connectivity index (χ2n) is 10.1. The van der Waals surface area contributed by atoms with Crippen molar-refractivity contribution in [1.82, 2.24) is 10.4 Å². The number of hydrogen-bond donors (Lipinski definition) is 1. The number of halogens is 2. The molecule has 0 saturated heterocycles. The summed E-state index contributed by atoms with van der Waals surface area (Å²) in [6.45, 7) is 5.74. The largest absolute Gasteiger partial charge is 0.272 e. The van der Waals surface area contributed by atoms with Gasteiger partial charge in [-0.2, -0.15) is 0 Å². The molecule has 4 fully saturated rings. The zero-order valence-electron chi connectivity index (χ0n) is 16.7. The van der Waals surface area contributed by atoms with Crippen molar-refractivity contribution in [3.63, 3.8) is 0 Å². The van der Waals surface area contributed by atoms with Gasteiger partial charge in [0.25, 0.3) is 5.91 Å². The Morgan fingerprint density at radius 3 is 2.11 bits per heavy atom. The van der Waals surface area contributed by atoms with Gasteiger partial charge in [0.1, 0.15) is 5.82 Å². The maximum Gasteiger partial charge on any atom is 0.271 e. The third-order valence-electron chi connectivity index (χ3n) is 6.75. The van der Waals surface area contributed by atoms with Crippen LogP contribution in [0.4, 0.5) is 4.39 Å². The second kappa shape index (κ2) is 6.72. The van der Waals surface area contributed by atoms with Crippen LogP contribution in [-0.2, 0) is 4.79 Å². The fourth-order valence-corrected chi connectivity index (χ4v) is 6.22. The van der Waals surface area contributed by atoms with Gasteiger partial charge in [-0.25, -0.2) is 9.40 Å². The third-order valence-corrected chi connectivity index (χ3v) is 7.07. The molecule has 0 atom stereocenters. The van der Waals surface area contributed by atoms with Gasteiger partial charge in [0.2, 0.25) is 5.91 Å². The molecule has 28 heavy (non-hydrogen) atoms. The van der Waals surface area contributed by atoms with E-state index < -0.39 is 17.3 Å². The molecule has 4 nitrogen and oxygen atoms in total. The number of hydrogen-bond acceptors (Lipinski definition) is 2. The van der Waals surface area contributed by atoms with E-state index in [-0.39, 0.29) is 21.9 Å². The molecule has 4 aliphatic carbocycles. The Kier molecular flexibility index (Phi) is 4.72. The molecule has 4 saturated carbocycles. The first-order chi connectivity index (χ1) is 13.1. The third kappa shape index (κ3) is 3.42. The van der Waals surface area contributed by atoms with Crippen molar-refractivity contribution in [2.75, 3.05) is 0 Å². The molecule has 1 aromatic carbocycles. The Balaban J connectivity index is 1.60. The Labute approximate surface area is 170 Å². The number of rotatable bonds is 2. The maximum absolute atomic E-state index is 13.8. The number of amides is 2. The van der Waals surface area contributed by atoms with Crippen molar-refractivity contribution >= 4 is 23.4 Å². The normalized spacial score (nSPS) is 31.0. The van der Waals surface area contributed by atoms with Crippen LogP contribution in [0.5, 0.6) is 0 Å². The second-order valence-corrected chi connectivity index (χ2v) is 10.5. The summed E-state index contributed by atoms with van der Waals surface area (Å²) in [6, 6.07) is 3.66. The molecular weight excluding hydrogens is 379 g/mol. The molecule has 0 aliphatic heterocycles. The summed E-state index contributed by atoms with van der Waals surface area (Å²) >= 11 is 6.05. The van der Waals surface area contributed by atoms with Crippen LogP contribution >= 0.6 is 11.6 Å². The molecule has 4 aliphatic rings. The van der Waals surface area contributed by atoms with E-state index in [0.717, 1.165) is 25.3 Å². The van der Waals surface area contributed by atoms with Crippen LogP contribution in [0.2, 0.25) is 5.02 Å². The topological polar surface area (TPSA) is 49.4 Å². The van der Waals surface area contributed by atoms with Crippen molar-refractivity contribution in [1.29, 1.82) is 0 Å². The Bertz CT molecular complexity index is 782. The molecule has 1 N–H and O–H groups in total. The minimum absolute atomic E-state index is 0.0192. The molecule has 4 bridgehead atoms. The van der Waals surface area contributed by atoms with Crippen molar-refractivity contribution in [2.24, 2.45) is 23.2 Å².